The zero-order valence-corrected chi connectivity index (χ0v) is 24.5. The summed E-state index contributed by atoms with van der Waals surface area (Å²) in [5.74, 6) is -1.55. The number of rotatable bonds is 7. The number of nitrogens with one attached hydrogen (secondary N) is 2. The molecule has 1 unspecified atom stereocenters. The lowest BCUT2D eigenvalue weighted by molar-refractivity contribution is -0.140. The van der Waals surface area contributed by atoms with Crippen LogP contribution >= 0.6 is 0 Å². The SMILES string of the molecule is CCc1c(N2CCN[C@H](C)C2)c(=O)n2nc(C3=CCC(OC)CC3)nc2n1CC(=O)Nc1cc(F)c(C(F)(F)F)cc1C. The van der Waals surface area contributed by atoms with Gasteiger partial charge in [-0.3, -0.25) is 9.59 Å². The number of ether oxygens (including phenoxy) is 1. The fraction of sp³-hybridized carbons (Fsp3) is 0.517. The standard InChI is InChI=1S/C29H35F4N7O3/c1-5-23-25(38-11-10-34-17(3)14-38)27(42)40-28(36-26(37-40)18-6-8-19(43-4)9-7-18)39(23)15-24(41)35-22-13-21(30)20(12-16(22)2)29(31,32)33/h6,12-13,17,19,34H,5,7-11,14-15H2,1-4H3,(H,35,41)/t17-,19?/m1/s1. The van der Waals surface area contributed by atoms with Crippen LogP contribution in [0.5, 0.6) is 0 Å². The van der Waals surface area contributed by atoms with Crippen molar-refractivity contribution in [3.63, 3.8) is 0 Å². The fourth-order valence-corrected chi connectivity index (χ4v) is 5.79. The van der Waals surface area contributed by atoms with Gasteiger partial charge in [0.1, 0.15) is 18.0 Å². The third-order valence-electron chi connectivity index (χ3n) is 8.02. The van der Waals surface area contributed by atoms with Gasteiger partial charge >= 0.3 is 6.18 Å². The van der Waals surface area contributed by atoms with Crippen molar-refractivity contribution in [1.82, 2.24) is 24.5 Å². The Morgan fingerprint density at radius 3 is 2.67 bits per heavy atom. The molecule has 0 saturated carbocycles. The van der Waals surface area contributed by atoms with Gasteiger partial charge in [0.05, 0.1) is 17.4 Å². The number of anilines is 2. The predicted molar refractivity (Wildman–Crippen MR) is 154 cm³/mol. The molecule has 0 bridgehead atoms. The van der Waals surface area contributed by atoms with Crippen LogP contribution in [0, 0.1) is 12.7 Å². The molecule has 43 heavy (non-hydrogen) atoms. The Labute approximate surface area is 245 Å². The number of carbonyl (C=O) groups excluding carboxylic acids is 1. The van der Waals surface area contributed by atoms with Crippen LogP contribution in [0.25, 0.3) is 11.4 Å². The van der Waals surface area contributed by atoms with E-state index in [0.29, 0.717) is 68.2 Å². The normalized spacial score (nSPS) is 19.5. The summed E-state index contributed by atoms with van der Waals surface area (Å²) < 4.78 is 62.1. The number of piperazine rings is 1. The van der Waals surface area contributed by atoms with E-state index in [1.54, 1.807) is 11.7 Å². The minimum Gasteiger partial charge on any atom is -0.381 e. The van der Waals surface area contributed by atoms with Crippen LogP contribution in [0.4, 0.5) is 28.9 Å². The van der Waals surface area contributed by atoms with Gasteiger partial charge in [-0.15, -0.1) is 5.10 Å². The molecular formula is C29H35F4N7O3. The second-order valence-corrected chi connectivity index (χ2v) is 11.0. The van der Waals surface area contributed by atoms with E-state index in [4.69, 9.17) is 9.72 Å². The van der Waals surface area contributed by atoms with Crippen molar-refractivity contribution in [3.8, 4) is 0 Å². The van der Waals surface area contributed by atoms with E-state index in [0.717, 1.165) is 12.0 Å². The molecule has 1 saturated heterocycles. The van der Waals surface area contributed by atoms with Crippen molar-refractivity contribution in [2.75, 3.05) is 37.0 Å². The second kappa shape index (κ2) is 12.1. The number of benzene rings is 1. The summed E-state index contributed by atoms with van der Waals surface area (Å²) >= 11 is 0. The van der Waals surface area contributed by atoms with Gasteiger partial charge in [-0.2, -0.15) is 22.7 Å². The monoisotopic (exact) mass is 605 g/mol. The molecule has 1 aliphatic heterocycles. The molecule has 2 atom stereocenters. The van der Waals surface area contributed by atoms with Crippen LogP contribution in [0.1, 0.15) is 55.8 Å². The topological polar surface area (TPSA) is 106 Å². The van der Waals surface area contributed by atoms with Crippen molar-refractivity contribution in [1.29, 1.82) is 0 Å². The molecule has 1 amide bonds. The lowest BCUT2D eigenvalue weighted by atomic mass is 9.97. The first-order valence-corrected chi connectivity index (χ1v) is 14.3. The summed E-state index contributed by atoms with van der Waals surface area (Å²) in [7, 11) is 1.66. The van der Waals surface area contributed by atoms with E-state index in [-0.39, 0.29) is 41.3 Å². The van der Waals surface area contributed by atoms with Gasteiger partial charge in [0.25, 0.3) is 5.56 Å². The molecule has 2 aromatic heterocycles. The predicted octanol–water partition coefficient (Wildman–Crippen LogP) is 3.94. The molecule has 0 radical (unpaired) electrons. The minimum absolute atomic E-state index is 0.0571. The third-order valence-corrected chi connectivity index (χ3v) is 8.02. The van der Waals surface area contributed by atoms with Gasteiger partial charge in [-0.25, -0.2) is 4.39 Å². The molecule has 10 nitrogen and oxygen atoms in total. The summed E-state index contributed by atoms with van der Waals surface area (Å²) in [6.45, 7) is 6.72. The van der Waals surface area contributed by atoms with E-state index < -0.39 is 23.5 Å². The summed E-state index contributed by atoms with van der Waals surface area (Å²) in [4.78, 5) is 34.0. The molecule has 1 aromatic carbocycles. The highest BCUT2D eigenvalue weighted by Crippen LogP contribution is 2.34. The average Bonchev–Trinajstić information content (AvgIpc) is 3.41. The molecular weight excluding hydrogens is 570 g/mol. The molecule has 2 N–H and O–H groups in total. The molecule has 0 spiro atoms. The summed E-state index contributed by atoms with van der Waals surface area (Å²) in [6, 6.07) is 1.46. The smallest absolute Gasteiger partial charge is 0.381 e. The van der Waals surface area contributed by atoms with E-state index in [9.17, 15) is 27.2 Å². The van der Waals surface area contributed by atoms with Gasteiger partial charge in [0, 0.05) is 38.5 Å². The maximum Gasteiger partial charge on any atom is 0.419 e. The van der Waals surface area contributed by atoms with Crippen LogP contribution in [-0.2, 0) is 28.7 Å². The number of amides is 1. The van der Waals surface area contributed by atoms with Gasteiger partial charge in [-0.1, -0.05) is 13.0 Å². The number of hydrogen-bond donors (Lipinski definition) is 2. The van der Waals surface area contributed by atoms with Crippen LogP contribution in [0.2, 0.25) is 0 Å². The quantitative estimate of drug-likeness (QED) is 0.393. The van der Waals surface area contributed by atoms with Crippen molar-refractivity contribution >= 4 is 28.6 Å². The molecule has 232 valence electrons. The van der Waals surface area contributed by atoms with Crippen molar-refractivity contribution in [3.05, 3.63) is 57.0 Å². The Hall–Kier alpha value is -3.78. The highest BCUT2D eigenvalue weighted by molar-refractivity contribution is 5.91. The fourth-order valence-electron chi connectivity index (χ4n) is 5.79. The van der Waals surface area contributed by atoms with Crippen LogP contribution in [-0.4, -0.2) is 64.0 Å². The van der Waals surface area contributed by atoms with Crippen molar-refractivity contribution < 1.29 is 27.1 Å². The van der Waals surface area contributed by atoms with Crippen LogP contribution in [0.3, 0.4) is 0 Å². The van der Waals surface area contributed by atoms with Gasteiger partial charge in [0.15, 0.2) is 5.82 Å². The van der Waals surface area contributed by atoms with Gasteiger partial charge < -0.3 is 24.8 Å². The average molecular weight is 606 g/mol. The number of methoxy groups -OCH3 is 1. The van der Waals surface area contributed by atoms with Crippen LogP contribution in [0.15, 0.2) is 23.0 Å². The molecule has 2 aliphatic rings. The Morgan fingerprint density at radius 1 is 1.28 bits per heavy atom. The van der Waals surface area contributed by atoms with Crippen molar-refractivity contribution in [2.45, 2.75) is 71.3 Å². The van der Waals surface area contributed by atoms with Gasteiger partial charge in [-0.05, 0) is 62.8 Å². The second-order valence-electron chi connectivity index (χ2n) is 11.0. The van der Waals surface area contributed by atoms with E-state index in [1.165, 1.54) is 11.4 Å². The molecule has 3 heterocycles. The number of hydrogen-bond acceptors (Lipinski definition) is 7. The third kappa shape index (κ3) is 6.16. The van der Waals surface area contributed by atoms with Crippen molar-refractivity contribution in [2.24, 2.45) is 0 Å². The number of halogens is 4. The van der Waals surface area contributed by atoms with E-state index >= 15 is 0 Å². The van der Waals surface area contributed by atoms with E-state index in [2.05, 4.69) is 15.7 Å². The largest absolute Gasteiger partial charge is 0.419 e. The number of alkyl halides is 3. The Kier molecular flexibility index (Phi) is 8.61. The molecule has 5 rings (SSSR count). The Morgan fingerprint density at radius 2 is 2.05 bits per heavy atom. The maximum absolute atomic E-state index is 14.3. The minimum atomic E-state index is -4.86. The Bertz CT molecular complexity index is 1630. The number of aryl methyl sites for hydroxylation is 1. The first-order chi connectivity index (χ1) is 20.4. The first-order valence-electron chi connectivity index (χ1n) is 14.3. The van der Waals surface area contributed by atoms with Crippen LogP contribution < -0.4 is 21.1 Å². The summed E-state index contributed by atoms with van der Waals surface area (Å²) in [5.41, 5.74) is 0.0974. The zero-order valence-electron chi connectivity index (χ0n) is 24.5. The summed E-state index contributed by atoms with van der Waals surface area (Å²) in [5, 5.41) is 10.5. The highest BCUT2D eigenvalue weighted by Gasteiger charge is 2.35. The zero-order chi connectivity index (χ0) is 31.1. The highest BCUT2D eigenvalue weighted by atomic mass is 19.4. The number of aromatic nitrogens is 4. The lowest BCUT2D eigenvalue weighted by Gasteiger charge is -2.34. The summed E-state index contributed by atoms with van der Waals surface area (Å²) in [6.07, 6.45) is -0.270. The molecule has 1 fully saturated rings. The number of allylic oxidation sites excluding steroid dienone is 1. The molecule has 3 aromatic rings. The van der Waals surface area contributed by atoms with E-state index in [1.807, 2.05) is 24.8 Å². The first kappa shape index (κ1) is 30.7. The number of nitrogens with zero attached hydrogens (tertiary/aromatic N) is 5. The Balaban J connectivity index is 1.58. The lowest BCUT2D eigenvalue weighted by Crippen LogP contribution is -2.51. The maximum atomic E-state index is 14.3. The number of carbonyl (C=O) groups is 1. The molecule has 1 aliphatic carbocycles. The number of fused-ring (bicyclic) bond motifs is 1. The van der Waals surface area contributed by atoms with Gasteiger partial charge in [0.2, 0.25) is 11.7 Å². The molecule has 14 heteroatoms.